The van der Waals surface area contributed by atoms with Crippen LogP contribution in [0.3, 0.4) is 0 Å². The topological polar surface area (TPSA) is 8.17 Å². The van der Waals surface area contributed by atoms with Crippen LogP contribution in [0.5, 0.6) is 0 Å². The molecule has 8 aromatic carbocycles. The van der Waals surface area contributed by atoms with E-state index < -0.39 is 0 Å². The van der Waals surface area contributed by atoms with E-state index in [2.05, 4.69) is 219 Å². The Balaban J connectivity index is 1.11. The molecule has 0 bridgehead atoms. The summed E-state index contributed by atoms with van der Waals surface area (Å²) in [5.41, 5.74) is 19.9. The van der Waals surface area contributed by atoms with Crippen molar-refractivity contribution < 1.29 is 0 Å². The van der Waals surface area contributed by atoms with E-state index in [-0.39, 0.29) is 5.41 Å². The third-order valence-corrected chi connectivity index (χ3v) is 11.8. The Labute approximate surface area is 323 Å². The summed E-state index contributed by atoms with van der Waals surface area (Å²) in [6.45, 7) is 9.19. The summed E-state index contributed by atoms with van der Waals surface area (Å²) in [5.74, 6) is 0. The van der Waals surface area contributed by atoms with Crippen LogP contribution in [0.4, 0.5) is 17.1 Å². The molecule has 0 aliphatic heterocycles. The Morgan fingerprint density at radius 3 is 1.64 bits per heavy atom. The van der Waals surface area contributed by atoms with Gasteiger partial charge in [-0.1, -0.05) is 123 Å². The zero-order valence-electron chi connectivity index (χ0n) is 31.7. The Hall–Kier alpha value is -6.64. The van der Waals surface area contributed by atoms with E-state index in [9.17, 15) is 0 Å². The molecule has 9 aromatic rings. The molecule has 0 N–H and O–H groups in total. The first-order valence-electron chi connectivity index (χ1n) is 19.3. The average molecular weight is 707 g/mol. The third kappa shape index (κ3) is 5.32. The van der Waals surface area contributed by atoms with Gasteiger partial charge in [-0.15, -0.1) is 0 Å². The van der Waals surface area contributed by atoms with Gasteiger partial charge in [0.1, 0.15) is 0 Å². The number of fused-ring (bicyclic) bond motifs is 6. The van der Waals surface area contributed by atoms with Crippen LogP contribution < -0.4 is 4.90 Å². The van der Waals surface area contributed by atoms with Crippen LogP contribution in [0.15, 0.2) is 182 Å². The van der Waals surface area contributed by atoms with Crippen LogP contribution in [0.25, 0.3) is 60.9 Å². The Bertz CT molecular complexity index is 2900. The second-order valence-corrected chi connectivity index (χ2v) is 15.5. The summed E-state index contributed by atoms with van der Waals surface area (Å²) in [7, 11) is 0. The van der Waals surface area contributed by atoms with E-state index in [1.165, 1.54) is 94.5 Å². The highest BCUT2D eigenvalue weighted by Gasteiger charge is 2.36. The van der Waals surface area contributed by atoms with Gasteiger partial charge in [0.25, 0.3) is 0 Å². The minimum atomic E-state index is -0.0708. The van der Waals surface area contributed by atoms with Gasteiger partial charge < -0.3 is 9.47 Å². The lowest BCUT2D eigenvalue weighted by atomic mass is 9.82. The Kier molecular flexibility index (Phi) is 7.64. The fourth-order valence-corrected chi connectivity index (χ4v) is 9.04. The Morgan fingerprint density at radius 1 is 0.418 bits per heavy atom. The van der Waals surface area contributed by atoms with Gasteiger partial charge in [-0.25, -0.2) is 0 Å². The van der Waals surface area contributed by atoms with Crippen LogP contribution in [-0.2, 0) is 5.41 Å². The van der Waals surface area contributed by atoms with Gasteiger partial charge in [-0.2, -0.15) is 0 Å². The fraction of sp³-hybridized carbons (Fsp3) is 0.0943. The summed E-state index contributed by atoms with van der Waals surface area (Å²) in [6, 6.07) is 66.8. The predicted octanol–water partition coefficient (Wildman–Crippen LogP) is 14.5. The Morgan fingerprint density at radius 2 is 0.964 bits per heavy atom. The van der Waals surface area contributed by atoms with Gasteiger partial charge in [0, 0.05) is 38.9 Å². The molecule has 264 valence electrons. The zero-order valence-corrected chi connectivity index (χ0v) is 31.7. The van der Waals surface area contributed by atoms with Crippen LogP contribution in [-0.4, -0.2) is 4.57 Å². The quantitative estimate of drug-likeness (QED) is 0.167. The SMILES string of the molecule is Cc1cc(-c2ccccc2)ccc1N(c1ccccc1)c1ccc(-c2ccc3c(c2)c2cc4c(cc2n3-c2ccccc2)C(C)(C)c2ccccc2-4)cc1C. The number of nitrogens with zero attached hydrogens (tertiary/aromatic N) is 2. The first-order valence-corrected chi connectivity index (χ1v) is 19.3. The van der Waals surface area contributed by atoms with Crippen LogP contribution >= 0.6 is 0 Å². The molecule has 0 saturated carbocycles. The largest absolute Gasteiger partial charge is 0.310 e. The average Bonchev–Trinajstić information content (AvgIpc) is 3.66. The van der Waals surface area contributed by atoms with Crippen molar-refractivity contribution in [3.8, 4) is 39.1 Å². The number of hydrogen-bond donors (Lipinski definition) is 0. The van der Waals surface area contributed by atoms with E-state index in [0.29, 0.717) is 0 Å². The van der Waals surface area contributed by atoms with Gasteiger partial charge in [0.05, 0.1) is 11.0 Å². The van der Waals surface area contributed by atoms with Crippen molar-refractivity contribution in [2.75, 3.05) is 4.90 Å². The number of aryl methyl sites for hydroxylation is 2. The van der Waals surface area contributed by atoms with Gasteiger partial charge in [-0.3, -0.25) is 0 Å². The number of para-hydroxylation sites is 2. The van der Waals surface area contributed by atoms with Crippen molar-refractivity contribution in [2.24, 2.45) is 0 Å². The molecule has 2 nitrogen and oxygen atoms in total. The molecule has 1 aromatic heterocycles. The van der Waals surface area contributed by atoms with E-state index in [4.69, 9.17) is 0 Å². The normalized spacial score (nSPS) is 12.9. The number of aromatic nitrogens is 1. The smallest absolute Gasteiger partial charge is 0.0544 e. The third-order valence-electron chi connectivity index (χ3n) is 11.8. The summed E-state index contributed by atoms with van der Waals surface area (Å²) in [5, 5.41) is 2.55. The molecular weight excluding hydrogens is 665 g/mol. The lowest BCUT2D eigenvalue weighted by Crippen LogP contribution is -2.14. The van der Waals surface area contributed by atoms with Gasteiger partial charge >= 0.3 is 0 Å². The van der Waals surface area contributed by atoms with Gasteiger partial charge in [0.15, 0.2) is 0 Å². The highest BCUT2D eigenvalue weighted by Crippen LogP contribution is 2.51. The maximum atomic E-state index is 2.46. The molecule has 1 heterocycles. The number of anilines is 3. The van der Waals surface area contributed by atoms with Crippen molar-refractivity contribution in [2.45, 2.75) is 33.1 Å². The molecule has 0 saturated heterocycles. The molecule has 2 heteroatoms. The molecular formula is C53H42N2. The number of hydrogen-bond acceptors (Lipinski definition) is 1. The summed E-state index contributed by atoms with van der Waals surface area (Å²) in [4.78, 5) is 2.40. The summed E-state index contributed by atoms with van der Waals surface area (Å²) in [6.07, 6.45) is 0. The molecule has 0 spiro atoms. The zero-order chi connectivity index (χ0) is 37.3. The standard InChI is InChI=1S/C53H42N2/c1-35-30-38(37-16-8-5-9-17-37)24-27-49(35)54(41-18-10-6-11-19-41)50-28-25-39(31-36(50)2)40-26-29-51-45(32-40)46-33-44-43-22-14-15-23-47(43)53(3,4)48(44)34-52(46)55(51)42-20-12-7-13-21-42/h5-34H,1-4H3. The monoisotopic (exact) mass is 706 g/mol. The highest BCUT2D eigenvalue weighted by molar-refractivity contribution is 6.12. The van der Waals surface area contributed by atoms with Crippen molar-refractivity contribution in [3.63, 3.8) is 0 Å². The summed E-state index contributed by atoms with van der Waals surface area (Å²) < 4.78 is 2.45. The minimum Gasteiger partial charge on any atom is -0.310 e. The lowest BCUT2D eigenvalue weighted by Gasteiger charge is -2.29. The molecule has 55 heavy (non-hydrogen) atoms. The van der Waals surface area contributed by atoms with E-state index in [1.807, 2.05) is 0 Å². The molecule has 0 radical (unpaired) electrons. The van der Waals surface area contributed by atoms with Crippen molar-refractivity contribution >= 4 is 38.9 Å². The maximum absolute atomic E-state index is 2.46. The lowest BCUT2D eigenvalue weighted by molar-refractivity contribution is 0.661. The van der Waals surface area contributed by atoms with E-state index >= 15 is 0 Å². The molecule has 1 aliphatic rings. The second kappa shape index (κ2) is 12.7. The van der Waals surface area contributed by atoms with Crippen molar-refractivity contribution in [1.82, 2.24) is 4.57 Å². The molecule has 10 rings (SSSR count). The van der Waals surface area contributed by atoms with Gasteiger partial charge in [0.2, 0.25) is 0 Å². The second-order valence-electron chi connectivity index (χ2n) is 15.5. The molecule has 0 unspecified atom stereocenters. The number of rotatable bonds is 6. The first kappa shape index (κ1) is 33.0. The summed E-state index contributed by atoms with van der Waals surface area (Å²) >= 11 is 0. The fourth-order valence-electron chi connectivity index (χ4n) is 9.04. The first-order chi connectivity index (χ1) is 26.9. The minimum absolute atomic E-state index is 0.0708. The maximum Gasteiger partial charge on any atom is 0.0544 e. The van der Waals surface area contributed by atoms with Gasteiger partial charge in [-0.05, 0) is 142 Å². The van der Waals surface area contributed by atoms with E-state index in [1.54, 1.807) is 0 Å². The van der Waals surface area contributed by atoms with Crippen molar-refractivity contribution in [3.05, 3.63) is 204 Å². The molecule has 0 amide bonds. The molecule has 0 atom stereocenters. The van der Waals surface area contributed by atoms with Crippen LogP contribution in [0, 0.1) is 13.8 Å². The van der Waals surface area contributed by atoms with Crippen LogP contribution in [0.1, 0.15) is 36.1 Å². The van der Waals surface area contributed by atoms with Crippen LogP contribution in [0.2, 0.25) is 0 Å². The predicted molar refractivity (Wildman–Crippen MR) is 233 cm³/mol. The highest BCUT2D eigenvalue weighted by atomic mass is 15.1. The number of benzene rings is 8. The van der Waals surface area contributed by atoms with Crippen molar-refractivity contribution in [1.29, 1.82) is 0 Å². The van der Waals surface area contributed by atoms with E-state index in [0.717, 1.165) is 5.69 Å². The molecule has 0 fully saturated rings. The molecule has 1 aliphatic carbocycles.